The molecule has 0 fully saturated rings. The number of halogens is 1. The van der Waals surface area contributed by atoms with E-state index in [9.17, 15) is 4.79 Å². The number of carbonyl (C=O) groups is 1. The van der Waals surface area contributed by atoms with Gasteiger partial charge in [-0.05, 0) is 48.4 Å². The predicted molar refractivity (Wildman–Crippen MR) is 112 cm³/mol. The first kappa shape index (κ1) is 19.3. The van der Waals surface area contributed by atoms with Crippen molar-refractivity contribution in [2.45, 2.75) is 17.8 Å². The molecule has 5 nitrogen and oxygen atoms in total. The highest BCUT2D eigenvalue weighted by Crippen LogP contribution is 2.18. The lowest BCUT2D eigenvalue weighted by atomic mass is 10.1. The van der Waals surface area contributed by atoms with Gasteiger partial charge in [0, 0.05) is 28.2 Å². The Morgan fingerprint density at radius 3 is 2.33 bits per heavy atom. The van der Waals surface area contributed by atoms with Crippen molar-refractivity contribution in [3.05, 3.63) is 88.2 Å². The van der Waals surface area contributed by atoms with Gasteiger partial charge in [0.1, 0.15) is 0 Å². The summed E-state index contributed by atoms with van der Waals surface area (Å²) in [6.07, 6.45) is 3.44. The van der Waals surface area contributed by atoms with Crippen molar-refractivity contribution in [2.24, 2.45) is 5.10 Å². The highest BCUT2D eigenvalue weighted by molar-refractivity contribution is 9.10. The fraction of sp³-hybridized carbons (Fsp3) is 0.100. The van der Waals surface area contributed by atoms with E-state index in [0.717, 1.165) is 32.2 Å². The lowest BCUT2D eigenvalue weighted by Gasteiger charge is -2.05. The molecule has 0 atom stereocenters. The molecule has 0 unspecified atom stereocenters. The second-order valence-corrected chi connectivity index (χ2v) is 7.52. The number of aromatic nitrogens is 2. The van der Waals surface area contributed by atoms with E-state index in [0.29, 0.717) is 5.56 Å². The maximum atomic E-state index is 12.3. The van der Waals surface area contributed by atoms with Gasteiger partial charge in [0.2, 0.25) is 0 Å². The van der Waals surface area contributed by atoms with E-state index in [-0.39, 0.29) is 5.91 Å². The summed E-state index contributed by atoms with van der Waals surface area (Å²) in [6.45, 7) is 1.86. The van der Waals surface area contributed by atoms with E-state index in [4.69, 9.17) is 0 Å². The van der Waals surface area contributed by atoms with Crippen LogP contribution >= 0.6 is 27.7 Å². The minimum absolute atomic E-state index is 0.239. The third kappa shape index (κ3) is 5.74. The Labute approximate surface area is 170 Å². The number of hydrazone groups is 1. The zero-order valence-electron chi connectivity index (χ0n) is 14.6. The monoisotopic (exact) mass is 440 g/mol. The molecular weight excluding hydrogens is 424 g/mol. The number of benzene rings is 2. The highest BCUT2D eigenvalue weighted by atomic mass is 79.9. The van der Waals surface area contributed by atoms with Crippen LogP contribution in [0.5, 0.6) is 0 Å². The molecule has 2 aromatic carbocycles. The lowest BCUT2D eigenvalue weighted by molar-refractivity contribution is 0.0955. The number of nitrogens with zero attached hydrogens (tertiary/aromatic N) is 3. The van der Waals surface area contributed by atoms with Crippen molar-refractivity contribution in [3.8, 4) is 0 Å². The number of rotatable bonds is 6. The molecule has 0 aliphatic carbocycles. The Hall–Kier alpha value is -2.51. The molecule has 0 bridgehead atoms. The number of nitrogens with one attached hydrogen (secondary N) is 1. The normalized spacial score (nSPS) is 11.3. The Bertz CT molecular complexity index is 928. The number of hydrogen-bond donors (Lipinski definition) is 1. The zero-order valence-corrected chi connectivity index (χ0v) is 17.0. The van der Waals surface area contributed by atoms with Crippen molar-refractivity contribution >= 4 is 39.3 Å². The summed E-state index contributed by atoms with van der Waals surface area (Å²) < 4.78 is 1.00. The molecule has 1 aromatic heterocycles. The molecule has 7 heteroatoms. The van der Waals surface area contributed by atoms with Gasteiger partial charge in [-0.1, -0.05) is 52.0 Å². The maximum absolute atomic E-state index is 12.3. The molecule has 0 saturated carbocycles. The molecule has 0 radical (unpaired) electrons. The average Bonchev–Trinajstić information content (AvgIpc) is 2.72. The van der Waals surface area contributed by atoms with Crippen LogP contribution in [0, 0.1) is 0 Å². The van der Waals surface area contributed by atoms with Crippen LogP contribution in [0.1, 0.15) is 28.4 Å². The molecule has 0 spiro atoms. The first-order valence-corrected chi connectivity index (χ1v) is 9.99. The Morgan fingerprint density at radius 1 is 1.04 bits per heavy atom. The van der Waals surface area contributed by atoms with Crippen LogP contribution in [0.3, 0.4) is 0 Å². The largest absolute Gasteiger partial charge is 0.271 e. The molecule has 0 saturated heterocycles. The number of hydrogen-bond acceptors (Lipinski definition) is 5. The van der Waals surface area contributed by atoms with Gasteiger partial charge >= 0.3 is 0 Å². The second-order valence-electron chi connectivity index (χ2n) is 5.66. The van der Waals surface area contributed by atoms with Crippen LogP contribution in [-0.2, 0) is 5.75 Å². The first-order chi connectivity index (χ1) is 13.1. The molecule has 1 N–H and O–H groups in total. The number of thioether (sulfide) groups is 1. The lowest BCUT2D eigenvalue weighted by Crippen LogP contribution is -2.19. The van der Waals surface area contributed by atoms with Gasteiger partial charge in [-0.15, -0.1) is 0 Å². The van der Waals surface area contributed by atoms with Crippen LogP contribution in [-0.4, -0.2) is 21.6 Å². The topological polar surface area (TPSA) is 67.2 Å². The van der Waals surface area contributed by atoms with Gasteiger partial charge in [0.15, 0.2) is 5.16 Å². The van der Waals surface area contributed by atoms with Gasteiger partial charge in [0.25, 0.3) is 5.91 Å². The zero-order chi connectivity index (χ0) is 19.1. The van der Waals surface area contributed by atoms with Crippen LogP contribution in [0.4, 0.5) is 0 Å². The number of amides is 1. The summed E-state index contributed by atoms with van der Waals surface area (Å²) in [5, 5.41) is 4.91. The summed E-state index contributed by atoms with van der Waals surface area (Å²) in [5.41, 5.74) is 5.95. The van der Waals surface area contributed by atoms with Gasteiger partial charge in [-0.25, -0.2) is 15.4 Å². The van der Waals surface area contributed by atoms with E-state index < -0.39 is 0 Å². The third-order valence-electron chi connectivity index (χ3n) is 3.71. The Balaban J connectivity index is 1.57. The van der Waals surface area contributed by atoms with Gasteiger partial charge < -0.3 is 0 Å². The van der Waals surface area contributed by atoms with Crippen molar-refractivity contribution in [1.29, 1.82) is 0 Å². The summed E-state index contributed by atoms with van der Waals surface area (Å²) >= 11 is 4.95. The van der Waals surface area contributed by atoms with E-state index in [2.05, 4.69) is 36.4 Å². The van der Waals surface area contributed by atoms with Crippen molar-refractivity contribution in [2.75, 3.05) is 0 Å². The molecule has 3 aromatic rings. The SMILES string of the molecule is C/C(=N\NC(=O)c1ccc(CSc2ncccn2)cc1)c1ccc(Br)cc1. The summed E-state index contributed by atoms with van der Waals surface area (Å²) in [7, 11) is 0. The molecule has 0 aliphatic rings. The first-order valence-electron chi connectivity index (χ1n) is 8.21. The second kappa shape index (κ2) is 9.43. The fourth-order valence-electron chi connectivity index (χ4n) is 2.21. The molecule has 136 valence electrons. The molecule has 1 amide bonds. The maximum Gasteiger partial charge on any atom is 0.271 e. The minimum atomic E-state index is -0.239. The number of carbonyl (C=O) groups excluding carboxylic acids is 1. The van der Waals surface area contributed by atoms with Crippen LogP contribution in [0.25, 0.3) is 0 Å². The van der Waals surface area contributed by atoms with Crippen molar-refractivity contribution in [1.82, 2.24) is 15.4 Å². The minimum Gasteiger partial charge on any atom is -0.267 e. The standard InChI is InChI=1S/C20H17BrN4OS/c1-14(16-7-9-18(21)10-8-16)24-25-19(26)17-5-3-15(4-6-17)13-27-20-22-11-2-12-23-20/h2-12H,13H2,1H3,(H,25,26)/b24-14+. The molecule has 27 heavy (non-hydrogen) atoms. The molecule has 0 aliphatic heterocycles. The molecule has 1 heterocycles. The van der Waals surface area contributed by atoms with Gasteiger partial charge in [-0.3, -0.25) is 4.79 Å². The average molecular weight is 441 g/mol. The smallest absolute Gasteiger partial charge is 0.267 e. The van der Waals surface area contributed by atoms with Crippen LogP contribution < -0.4 is 5.43 Å². The summed E-state index contributed by atoms with van der Waals surface area (Å²) in [5.74, 6) is 0.504. The Kier molecular flexibility index (Phi) is 6.73. The van der Waals surface area contributed by atoms with Gasteiger partial charge in [0.05, 0.1) is 5.71 Å². The molecule has 3 rings (SSSR count). The van der Waals surface area contributed by atoms with Crippen molar-refractivity contribution in [3.63, 3.8) is 0 Å². The van der Waals surface area contributed by atoms with Gasteiger partial charge in [-0.2, -0.15) is 5.10 Å². The highest BCUT2D eigenvalue weighted by Gasteiger charge is 2.06. The summed E-state index contributed by atoms with van der Waals surface area (Å²) in [4.78, 5) is 20.6. The fourth-order valence-corrected chi connectivity index (χ4v) is 3.24. The van der Waals surface area contributed by atoms with E-state index in [1.54, 1.807) is 42.4 Å². The van der Waals surface area contributed by atoms with Crippen LogP contribution in [0.2, 0.25) is 0 Å². The Morgan fingerprint density at radius 2 is 1.67 bits per heavy atom. The summed E-state index contributed by atoms with van der Waals surface area (Å²) in [6, 6.07) is 17.0. The quantitative estimate of drug-likeness (QED) is 0.261. The third-order valence-corrected chi connectivity index (χ3v) is 5.19. The molecular formula is C20H17BrN4OS. The van der Waals surface area contributed by atoms with E-state index in [1.807, 2.05) is 43.3 Å². The van der Waals surface area contributed by atoms with Crippen molar-refractivity contribution < 1.29 is 4.79 Å². The van der Waals surface area contributed by atoms with E-state index >= 15 is 0 Å². The van der Waals surface area contributed by atoms with Crippen LogP contribution in [0.15, 0.2) is 81.7 Å². The van der Waals surface area contributed by atoms with E-state index in [1.165, 1.54) is 0 Å². The predicted octanol–water partition coefficient (Wildman–Crippen LogP) is 4.69.